The number of benzene rings is 2. The van der Waals surface area contributed by atoms with Gasteiger partial charge in [-0.15, -0.1) is 10.2 Å². The molecule has 2 unspecified atom stereocenters. The molecule has 1 aliphatic rings. The van der Waals surface area contributed by atoms with Gasteiger partial charge in [-0.05, 0) is 48.4 Å². The fourth-order valence-electron chi connectivity index (χ4n) is 3.15. The summed E-state index contributed by atoms with van der Waals surface area (Å²) >= 11 is 7.39. The number of nitrogens with zero attached hydrogens (tertiary/aromatic N) is 3. The number of hydrogen-bond donors (Lipinski definition) is 2. The molecule has 1 aliphatic heterocycles. The zero-order valence-electron chi connectivity index (χ0n) is 15.6. The first-order valence-corrected chi connectivity index (χ1v) is 10.5. The van der Waals surface area contributed by atoms with Gasteiger partial charge in [0.25, 0.3) is 0 Å². The predicted octanol–water partition coefficient (Wildman–Crippen LogP) is 4.42. The number of nitrogens with one attached hydrogen (secondary N) is 2. The van der Waals surface area contributed by atoms with Crippen molar-refractivity contribution in [2.75, 3.05) is 10.7 Å². The Labute approximate surface area is 176 Å². The molecule has 2 atom stereocenters. The van der Waals surface area contributed by atoms with Gasteiger partial charge in [0.05, 0.1) is 6.04 Å². The number of thioether (sulfide) groups is 1. The van der Waals surface area contributed by atoms with E-state index in [9.17, 15) is 9.18 Å². The first-order valence-electron chi connectivity index (χ1n) is 9.24. The van der Waals surface area contributed by atoms with Crippen molar-refractivity contribution in [2.24, 2.45) is 0 Å². The van der Waals surface area contributed by atoms with Gasteiger partial charge in [0.1, 0.15) is 11.1 Å². The quantitative estimate of drug-likeness (QED) is 0.625. The summed E-state index contributed by atoms with van der Waals surface area (Å²) in [6, 6.07) is 12.8. The molecular formula is C20H19ClFN5OS. The van der Waals surface area contributed by atoms with Crippen LogP contribution in [0, 0.1) is 5.82 Å². The van der Waals surface area contributed by atoms with Crippen LogP contribution < -0.4 is 10.7 Å². The van der Waals surface area contributed by atoms with Gasteiger partial charge in [0, 0.05) is 17.1 Å². The molecule has 0 aliphatic carbocycles. The molecule has 3 aromatic rings. The normalized spacial score (nSPS) is 18.0. The minimum Gasteiger partial charge on any atom is -0.325 e. The Balaban J connectivity index is 1.65. The lowest BCUT2D eigenvalue weighted by atomic mass is 10.0. The number of anilines is 1. The first kappa shape index (κ1) is 19.7. The van der Waals surface area contributed by atoms with Crippen LogP contribution in [-0.2, 0) is 11.2 Å². The molecule has 150 valence electrons. The topological polar surface area (TPSA) is 71.8 Å². The monoisotopic (exact) mass is 431 g/mol. The van der Waals surface area contributed by atoms with E-state index in [0.717, 1.165) is 24.2 Å². The summed E-state index contributed by atoms with van der Waals surface area (Å²) in [5.41, 5.74) is 4.85. The fourth-order valence-corrected chi connectivity index (χ4v) is 4.38. The highest BCUT2D eigenvalue weighted by Crippen LogP contribution is 2.38. The molecule has 2 heterocycles. The first-order chi connectivity index (χ1) is 14.0. The minimum absolute atomic E-state index is 0.208. The van der Waals surface area contributed by atoms with Crippen LogP contribution in [-0.4, -0.2) is 26.0 Å². The maximum atomic E-state index is 13.2. The standard InChI is InChI=1S/C20H19ClFN5OS/c1-2-3-16-24-25-20-27(16)26-17(12-4-6-13(21)7-5-12)18(29-20)19(28)23-15-10-8-14(22)9-11-15/h4-11,17-18,26H,2-3H2,1H3,(H,23,28). The van der Waals surface area contributed by atoms with Gasteiger partial charge in [-0.25, -0.2) is 9.07 Å². The smallest absolute Gasteiger partial charge is 0.240 e. The van der Waals surface area contributed by atoms with Gasteiger partial charge in [-0.2, -0.15) is 0 Å². The molecule has 1 aromatic heterocycles. The van der Waals surface area contributed by atoms with Crippen molar-refractivity contribution in [3.63, 3.8) is 0 Å². The van der Waals surface area contributed by atoms with E-state index in [-0.39, 0.29) is 17.8 Å². The second-order valence-electron chi connectivity index (χ2n) is 6.68. The van der Waals surface area contributed by atoms with Crippen molar-refractivity contribution in [1.82, 2.24) is 14.9 Å². The molecule has 4 rings (SSSR count). The van der Waals surface area contributed by atoms with Crippen LogP contribution >= 0.6 is 23.4 Å². The van der Waals surface area contributed by atoms with Gasteiger partial charge >= 0.3 is 0 Å². The highest BCUT2D eigenvalue weighted by molar-refractivity contribution is 8.00. The molecule has 0 fully saturated rings. The molecule has 9 heteroatoms. The third-order valence-corrected chi connectivity index (χ3v) is 6.04. The Kier molecular flexibility index (Phi) is 5.73. The van der Waals surface area contributed by atoms with E-state index in [0.29, 0.717) is 15.9 Å². The average Bonchev–Trinajstić information content (AvgIpc) is 3.11. The van der Waals surface area contributed by atoms with Gasteiger partial charge in [0.15, 0.2) is 5.82 Å². The van der Waals surface area contributed by atoms with Crippen molar-refractivity contribution in [3.05, 3.63) is 70.8 Å². The number of carbonyl (C=O) groups is 1. The lowest BCUT2D eigenvalue weighted by Gasteiger charge is -2.33. The highest BCUT2D eigenvalue weighted by Gasteiger charge is 2.37. The summed E-state index contributed by atoms with van der Waals surface area (Å²) in [6.07, 6.45) is 1.71. The molecule has 29 heavy (non-hydrogen) atoms. The second kappa shape index (κ2) is 8.42. The SMILES string of the molecule is CCCc1nnc2n1NC(c1ccc(Cl)cc1)C(C(=O)Nc1ccc(F)cc1)S2. The Hall–Kier alpha value is -2.58. The Bertz CT molecular complexity index is 1010. The van der Waals surface area contributed by atoms with Crippen molar-refractivity contribution >= 4 is 35.0 Å². The Morgan fingerprint density at radius 3 is 2.62 bits per heavy atom. The van der Waals surface area contributed by atoms with E-state index >= 15 is 0 Å². The number of halogens is 2. The van der Waals surface area contributed by atoms with E-state index in [2.05, 4.69) is 27.9 Å². The van der Waals surface area contributed by atoms with Crippen LogP contribution in [0.15, 0.2) is 53.7 Å². The van der Waals surface area contributed by atoms with Gasteiger partial charge < -0.3 is 10.7 Å². The van der Waals surface area contributed by atoms with E-state index in [4.69, 9.17) is 11.6 Å². The average molecular weight is 432 g/mol. The molecule has 2 N–H and O–H groups in total. The number of hydrogen-bond acceptors (Lipinski definition) is 5. The van der Waals surface area contributed by atoms with E-state index < -0.39 is 5.25 Å². The number of carbonyl (C=O) groups excluding carboxylic acids is 1. The van der Waals surface area contributed by atoms with E-state index in [1.807, 2.05) is 16.8 Å². The molecular weight excluding hydrogens is 413 g/mol. The van der Waals surface area contributed by atoms with Crippen LogP contribution in [0.3, 0.4) is 0 Å². The number of aryl methyl sites for hydroxylation is 1. The summed E-state index contributed by atoms with van der Waals surface area (Å²) in [5.74, 6) is 0.263. The summed E-state index contributed by atoms with van der Waals surface area (Å²) in [5, 5.41) is 12.1. The zero-order chi connectivity index (χ0) is 20.4. The van der Waals surface area contributed by atoms with Crippen molar-refractivity contribution in [1.29, 1.82) is 0 Å². The number of rotatable bonds is 5. The summed E-state index contributed by atoms with van der Waals surface area (Å²) in [4.78, 5) is 13.1. The summed E-state index contributed by atoms with van der Waals surface area (Å²) < 4.78 is 15.0. The van der Waals surface area contributed by atoms with Crippen LogP contribution in [0.25, 0.3) is 0 Å². The molecule has 0 saturated heterocycles. The maximum absolute atomic E-state index is 13.2. The molecule has 0 bridgehead atoms. The number of fused-ring (bicyclic) bond motifs is 1. The maximum Gasteiger partial charge on any atom is 0.240 e. The van der Waals surface area contributed by atoms with Crippen molar-refractivity contribution < 1.29 is 9.18 Å². The molecule has 0 spiro atoms. The summed E-state index contributed by atoms with van der Waals surface area (Å²) in [7, 11) is 0. The second-order valence-corrected chi connectivity index (χ2v) is 8.22. The molecule has 0 radical (unpaired) electrons. The highest BCUT2D eigenvalue weighted by atomic mass is 35.5. The Morgan fingerprint density at radius 1 is 1.21 bits per heavy atom. The third kappa shape index (κ3) is 4.23. The molecule has 0 saturated carbocycles. The van der Waals surface area contributed by atoms with E-state index in [1.54, 1.807) is 12.1 Å². The summed E-state index contributed by atoms with van der Waals surface area (Å²) in [6.45, 7) is 2.08. The van der Waals surface area contributed by atoms with Gasteiger partial charge in [0.2, 0.25) is 11.1 Å². The third-order valence-electron chi connectivity index (χ3n) is 4.58. The molecule has 1 amide bonds. The Morgan fingerprint density at radius 2 is 1.93 bits per heavy atom. The van der Waals surface area contributed by atoms with Crippen molar-refractivity contribution in [2.45, 2.75) is 36.2 Å². The molecule has 2 aromatic carbocycles. The molecule has 6 nitrogen and oxygen atoms in total. The predicted molar refractivity (Wildman–Crippen MR) is 112 cm³/mol. The number of aromatic nitrogens is 3. The minimum atomic E-state index is -0.507. The van der Waals surface area contributed by atoms with Crippen molar-refractivity contribution in [3.8, 4) is 0 Å². The zero-order valence-corrected chi connectivity index (χ0v) is 17.2. The number of amides is 1. The van der Waals surface area contributed by atoms with Crippen LogP contribution in [0.2, 0.25) is 5.02 Å². The van der Waals surface area contributed by atoms with Crippen LogP contribution in [0.5, 0.6) is 0 Å². The fraction of sp³-hybridized carbons (Fsp3) is 0.250. The lowest BCUT2D eigenvalue weighted by Crippen LogP contribution is -2.41. The largest absolute Gasteiger partial charge is 0.325 e. The van der Waals surface area contributed by atoms with Gasteiger partial charge in [-0.3, -0.25) is 4.79 Å². The van der Waals surface area contributed by atoms with E-state index in [1.165, 1.54) is 36.0 Å². The lowest BCUT2D eigenvalue weighted by molar-refractivity contribution is -0.116. The van der Waals surface area contributed by atoms with Gasteiger partial charge in [-0.1, -0.05) is 42.4 Å². The van der Waals surface area contributed by atoms with Crippen LogP contribution in [0.1, 0.15) is 30.8 Å². The van der Waals surface area contributed by atoms with Crippen LogP contribution in [0.4, 0.5) is 10.1 Å².